The normalized spacial score (nSPS) is 20.0. The Balaban J connectivity index is 1.21. The number of hydrogen-bond acceptors (Lipinski definition) is 8. The highest BCUT2D eigenvalue weighted by Gasteiger charge is 2.30. The van der Waals surface area contributed by atoms with Gasteiger partial charge in [0.05, 0.1) is 13.7 Å². The monoisotopic (exact) mass is 402 g/mol. The zero-order chi connectivity index (χ0) is 20.1. The van der Waals surface area contributed by atoms with Crippen LogP contribution in [-0.4, -0.2) is 71.8 Å². The molecule has 1 aromatic carbocycles. The van der Waals surface area contributed by atoms with Crippen molar-refractivity contribution in [1.29, 1.82) is 0 Å². The van der Waals surface area contributed by atoms with Crippen LogP contribution in [0.4, 0.5) is 0 Å². The molecule has 2 saturated heterocycles. The van der Waals surface area contributed by atoms with Crippen molar-refractivity contribution in [3.63, 3.8) is 0 Å². The summed E-state index contributed by atoms with van der Waals surface area (Å²) in [4.78, 5) is 20.9. The van der Waals surface area contributed by atoms with Gasteiger partial charge in [-0.15, -0.1) is 0 Å². The van der Waals surface area contributed by atoms with Gasteiger partial charge in [-0.2, -0.15) is 4.98 Å². The van der Waals surface area contributed by atoms with E-state index in [0.717, 1.165) is 31.7 Å². The molecule has 0 spiro atoms. The lowest BCUT2D eigenvalue weighted by Crippen LogP contribution is -2.51. The molecule has 0 aliphatic carbocycles. The summed E-state index contributed by atoms with van der Waals surface area (Å²) in [5, 5.41) is 3.98. The summed E-state index contributed by atoms with van der Waals surface area (Å²) >= 11 is 0. The van der Waals surface area contributed by atoms with Gasteiger partial charge in [-0.3, -0.25) is 9.69 Å². The third kappa shape index (κ3) is 5.04. The maximum absolute atomic E-state index is 12.4. The Labute approximate surface area is 169 Å². The number of nitrogens with zero attached hydrogens (tertiary/aromatic N) is 4. The first-order chi connectivity index (χ1) is 14.2. The van der Waals surface area contributed by atoms with E-state index in [1.807, 2.05) is 29.2 Å². The van der Waals surface area contributed by atoms with E-state index >= 15 is 0 Å². The number of ether oxygens (including phenoxy) is 3. The largest absolute Gasteiger partial charge is 0.497 e. The second-order valence-electron chi connectivity index (χ2n) is 7.17. The van der Waals surface area contributed by atoms with Gasteiger partial charge >= 0.3 is 0 Å². The van der Waals surface area contributed by atoms with Gasteiger partial charge in [0.1, 0.15) is 17.6 Å². The summed E-state index contributed by atoms with van der Waals surface area (Å²) in [7, 11) is 1.62. The molecule has 1 atom stereocenters. The fraction of sp³-hybridized carbons (Fsp3) is 0.550. The fourth-order valence-corrected chi connectivity index (χ4v) is 3.53. The zero-order valence-electron chi connectivity index (χ0n) is 16.6. The van der Waals surface area contributed by atoms with E-state index < -0.39 is 0 Å². The summed E-state index contributed by atoms with van der Waals surface area (Å²) in [6.07, 6.45) is 1.56. The minimum atomic E-state index is -0.245. The highest BCUT2D eigenvalue weighted by molar-refractivity contribution is 5.81. The van der Waals surface area contributed by atoms with Gasteiger partial charge in [0.2, 0.25) is 11.7 Å². The van der Waals surface area contributed by atoms with Crippen molar-refractivity contribution in [2.45, 2.75) is 32.1 Å². The summed E-state index contributed by atoms with van der Waals surface area (Å²) in [5.74, 6) is 2.67. The van der Waals surface area contributed by atoms with Gasteiger partial charge in [-0.25, -0.2) is 0 Å². The van der Waals surface area contributed by atoms with E-state index in [4.69, 9.17) is 18.7 Å². The predicted octanol–water partition coefficient (Wildman–Crippen LogP) is 1.48. The highest BCUT2D eigenvalue weighted by atomic mass is 16.5. The van der Waals surface area contributed by atoms with Crippen LogP contribution in [-0.2, 0) is 22.7 Å². The van der Waals surface area contributed by atoms with Gasteiger partial charge in [0.15, 0.2) is 6.61 Å². The first-order valence-electron chi connectivity index (χ1n) is 9.92. The second-order valence-corrected chi connectivity index (χ2v) is 7.17. The number of rotatable bonds is 7. The molecule has 0 saturated carbocycles. The fourth-order valence-electron chi connectivity index (χ4n) is 3.53. The molecule has 29 heavy (non-hydrogen) atoms. The van der Waals surface area contributed by atoms with Crippen LogP contribution in [0.25, 0.3) is 0 Å². The maximum atomic E-state index is 12.4. The molecule has 9 heteroatoms. The third-order valence-electron chi connectivity index (χ3n) is 5.19. The van der Waals surface area contributed by atoms with E-state index in [1.54, 1.807) is 7.11 Å². The number of benzene rings is 1. The molecular weight excluding hydrogens is 376 g/mol. The number of carbonyl (C=O) groups excluding carboxylic acids is 1. The Kier molecular flexibility index (Phi) is 6.26. The second kappa shape index (κ2) is 9.23. The summed E-state index contributed by atoms with van der Waals surface area (Å²) < 4.78 is 21.6. The molecule has 1 aromatic heterocycles. The van der Waals surface area contributed by atoms with Crippen LogP contribution in [0, 0.1) is 0 Å². The molecule has 0 N–H and O–H groups in total. The maximum Gasteiger partial charge on any atom is 0.251 e. The summed E-state index contributed by atoms with van der Waals surface area (Å²) in [6.45, 7) is 4.44. The number of aromatic nitrogens is 2. The lowest BCUT2D eigenvalue weighted by Gasteiger charge is -2.35. The predicted molar refractivity (Wildman–Crippen MR) is 102 cm³/mol. The van der Waals surface area contributed by atoms with Crippen LogP contribution in [0.15, 0.2) is 28.8 Å². The van der Waals surface area contributed by atoms with Crippen LogP contribution in [0.5, 0.6) is 11.5 Å². The van der Waals surface area contributed by atoms with E-state index in [2.05, 4.69) is 15.0 Å². The smallest absolute Gasteiger partial charge is 0.251 e. The molecule has 2 aliphatic heterocycles. The zero-order valence-corrected chi connectivity index (χ0v) is 16.6. The van der Waals surface area contributed by atoms with E-state index in [-0.39, 0.29) is 18.6 Å². The molecular formula is C20H26N4O5. The number of methoxy groups -OCH3 is 1. The van der Waals surface area contributed by atoms with Crippen LogP contribution in [0.2, 0.25) is 0 Å². The standard InChI is InChI=1S/C20H26N4O5/c1-26-15-4-6-16(7-5-15)28-14-18-21-19(29-22-18)13-23-8-10-24(11-9-23)20(25)17-3-2-12-27-17/h4-7,17H,2-3,8-14H2,1H3/t17-/m0/s1. The van der Waals surface area contributed by atoms with Gasteiger partial charge in [0, 0.05) is 32.8 Å². The Hall–Kier alpha value is -2.65. The van der Waals surface area contributed by atoms with Gasteiger partial charge in [-0.1, -0.05) is 5.16 Å². The molecule has 2 aromatic rings. The first kappa shape index (κ1) is 19.7. The van der Waals surface area contributed by atoms with Crippen LogP contribution < -0.4 is 9.47 Å². The molecule has 0 unspecified atom stereocenters. The average Bonchev–Trinajstić information content (AvgIpc) is 3.45. The molecule has 1 amide bonds. The molecule has 4 rings (SSSR count). The lowest BCUT2D eigenvalue weighted by molar-refractivity contribution is -0.142. The van der Waals surface area contributed by atoms with Crippen LogP contribution in [0.3, 0.4) is 0 Å². The van der Waals surface area contributed by atoms with Crippen molar-refractivity contribution in [3.8, 4) is 11.5 Å². The third-order valence-corrected chi connectivity index (χ3v) is 5.19. The van der Waals surface area contributed by atoms with Crippen molar-refractivity contribution in [1.82, 2.24) is 19.9 Å². The van der Waals surface area contributed by atoms with Crippen molar-refractivity contribution in [2.24, 2.45) is 0 Å². The molecule has 0 radical (unpaired) electrons. The summed E-state index contributed by atoms with van der Waals surface area (Å²) in [6, 6.07) is 7.33. The van der Waals surface area contributed by atoms with Crippen molar-refractivity contribution >= 4 is 5.91 Å². The Morgan fingerprint density at radius 3 is 2.62 bits per heavy atom. The van der Waals surface area contributed by atoms with E-state index in [0.29, 0.717) is 43.7 Å². The summed E-state index contributed by atoms with van der Waals surface area (Å²) in [5.41, 5.74) is 0. The van der Waals surface area contributed by atoms with Crippen molar-refractivity contribution in [2.75, 3.05) is 39.9 Å². The minimum Gasteiger partial charge on any atom is -0.497 e. The SMILES string of the molecule is COc1ccc(OCc2noc(CN3CCN(C(=O)[C@@H]4CCCO4)CC3)n2)cc1. The Morgan fingerprint density at radius 1 is 1.17 bits per heavy atom. The van der Waals surface area contributed by atoms with Gasteiger partial charge in [-0.05, 0) is 37.1 Å². The molecule has 156 valence electrons. The average molecular weight is 402 g/mol. The highest BCUT2D eigenvalue weighted by Crippen LogP contribution is 2.18. The van der Waals surface area contributed by atoms with Crippen molar-refractivity contribution in [3.05, 3.63) is 36.0 Å². The number of hydrogen-bond donors (Lipinski definition) is 0. The molecule has 0 bridgehead atoms. The number of carbonyl (C=O) groups is 1. The Bertz CT molecular complexity index is 795. The van der Waals surface area contributed by atoms with Crippen LogP contribution >= 0.6 is 0 Å². The van der Waals surface area contributed by atoms with Crippen molar-refractivity contribution < 1.29 is 23.5 Å². The lowest BCUT2D eigenvalue weighted by atomic mass is 10.2. The van der Waals surface area contributed by atoms with Gasteiger partial charge in [0.25, 0.3) is 5.91 Å². The molecule has 3 heterocycles. The molecule has 9 nitrogen and oxygen atoms in total. The Morgan fingerprint density at radius 2 is 1.93 bits per heavy atom. The topological polar surface area (TPSA) is 90.2 Å². The first-order valence-corrected chi connectivity index (χ1v) is 9.92. The molecule has 2 aliphatic rings. The van der Waals surface area contributed by atoms with Gasteiger partial charge < -0.3 is 23.6 Å². The number of piperazine rings is 1. The van der Waals surface area contributed by atoms with E-state index in [1.165, 1.54) is 0 Å². The molecule has 2 fully saturated rings. The number of amides is 1. The minimum absolute atomic E-state index is 0.123. The van der Waals surface area contributed by atoms with E-state index in [9.17, 15) is 4.79 Å². The quantitative estimate of drug-likeness (QED) is 0.688. The van der Waals surface area contributed by atoms with Crippen LogP contribution in [0.1, 0.15) is 24.6 Å².